The molecule has 0 bridgehead atoms. The predicted octanol–water partition coefficient (Wildman–Crippen LogP) is 3.41. The molecule has 114 valence electrons. The third-order valence-corrected chi connectivity index (χ3v) is 5.45. The number of aryl methyl sites for hydroxylation is 1. The third kappa shape index (κ3) is 2.90. The lowest BCUT2D eigenvalue weighted by Gasteiger charge is -2.08. The van der Waals surface area contributed by atoms with Gasteiger partial charge in [-0.3, -0.25) is 4.72 Å². The number of hydrogen-bond acceptors (Lipinski definition) is 5. The first-order valence-electron chi connectivity index (χ1n) is 6.52. The van der Waals surface area contributed by atoms with E-state index in [1.807, 2.05) is 13.0 Å². The van der Waals surface area contributed by atoms with E-state index in [1.165, 1.54) is 30.6 Å². The summed E-state index contributed by atoms with van der Waals surface area (Å²) in [7, 11) is -2.09. The highest BCUT2D eigenvalue weighted by Crippen LogP contribution is 2.26. The van der Waals surface area contributed by atoms with Crippen molar-refractivity contribution in [2.24, 2.45) is 0 Å². The number of ether oxygens (including phenoxy) is 1. The fraction of sp³-hybridized carbons (Fsp3) is 0.133. The lowest BCUT2D eigenvalue weighted by atomic mass is 10.3. The maximum atomic E-state index is 12.4. The number of sulfonamides is 1. The first kappa shape index (κ1) is 14.8. The summed E-state index contributed by atoms with van der Waals surface area (Å²) in [6.45, 7) is 1.92. The van der Waals surface area contributed by atoms with Gasteiger partial charge >= 0.3 is 0 Å². The normalized spacial score (nSPS) is 11.5. The summed E-state index contributed by atoms with van der Waals surface area (Å²) in [4.78, 5) is 4.54. The van der Waals surface area contributed by atoms with Gasteiger partial charge in [-0.2, -0.15) is 0 Å². The molecule has 5 nitrogen and oxygen atoms in total. The predicted molar refractivity (Wildman–Crippen MR) is 88.2 cm³/mol. The number of anilines is 1. The largest absolute Gasteiger partial charge is 0.497 e. The average Bonchev–Trinajstić information content (AvgIpc) is 2.86. The van der Waals surface area contributed by atoms with Crippen molar-refractivity contribution in [2.75, 3.05) is 11.8 Å². The van der Waals surface area contributed by atoms with Crippen LogP contribution in [0.25, 0.3) is 10.2 Å². The standard InChI is InChI=1S/C15H14N2O3S2/c1-10-16-14-8-3-11(9-15(14)21-10)17-22(18,19)13-6-4-12(20-2)5-7-13/h3-9,17H,1-2H3. The number of thiazole rings is 1. The van der Waals surface area contributed by atoms with Crippen molar-refractivity contribution in [3.63, 3.8) is 0 Å². The lowest BCUT2D eigenvalue weighted by molar-refractivity contribution is 0.414. The number of rotatable bonds is 4. The molecule has 3 rings (SSSR count). The fourth-order valence-corrected chi connectivity index (χ4v) is 3.99. The Labute approximate surface area is 132 Å². The Balaban J connectivity index is 1.91. The lowest BCUT2D eigenvalue weighted by Crippen LogP contribution is -2.12. The van der Waals surface area contributed by atoms with E-state index in [0.29, 0.717) is 11.4 Å². The van der Waals surface area contributed by atoms with Crippen molar-refractivity contribution >= 4 is 37.3 Å². The van der Waals surface area contributed by atoms with Gasteiger partial charge in [-0.25, -0.2) is 13.4 Å². The molecule has 0 saturated carbocycles. The Morgan fingerprint density at radius 1 is 1.14 bits per heavy atom. The Morgan fingerprint density at radius 2 is 1.86 bits per heavy atom. The summed E-state index contributed by atoms with van der Waals surface area (Å²) in [6.07, 6.45) is 0. The molecule has 0 unspecified atom stereocenters. The van der Waals surface area contributed by atoms with Gasteiger partial charge in [0.05, 0.1) is 32.9 Å². The van der Waals surface area contributed by atoms with Gasteiger partial charge in [-0.05, 0) is 49.4 Å². The zero-order valence-corrected chi connectivity index (χ0v) is 13.7. The van der Waals surface area contributed by atoms with E-state index < -0.39 is 10.0 Å². The van der Waals surface area contributed by atoms with Crippen LogP contribution in [0.2, 0.25) is 0 Å². The van der Waals surface area contributed by atoms with Crippen LogP contribution in [0, 0.1) is 6.92 Å². The van der Waals surface area contributed by atoms with E-state index >= 15 is 0 Å². The maximum Gasteiger partial charge on any atom is 0.261 e. The van der Waals surface area contributed by atoms with Crippen molar-refractivity contribution in [2.45, 2.75) is 11.8 Å². The van der Waals surface area contributed by atoms with Crippen molar-refractivity contribution in [3.8, 4) is 5.75 Å². The molecular formula is C15H14N2O3S2. The molecule has 0 aliphatic heterocycles. The first-order valence-corrected chi connectivity index (χ1v) is 8.82. The molecule has 2 aromatic carbocycles. The minimum absolute atomic E-state index is 0.189. The number of methoxy groups -OCH3 is 1. The van der Waals surface area contributed by atoms with Crippen LogP contribution >= 0.6 is 11.3 Å². The van der Waals surface area contributed by atoms with Gasteiger partial charge in [-0.15, -0.1) is 11.3 Å². The van der Waals surface area contributed by atoms with Crippen LogP contribution in [0.1, 0.15) is 5.01 Å². The van der Waals surface area contributed by atoms with Gasteiger partial charge in [0.2, 0.25) is 0 Å². The molecule has 3 aromatic rings. The number of nitrogens with zero attached hydrogens (tertiary/aromatic N) is 1. The number of hydrogen-bond donors (Lipinski definition) is 1. The molecule has 1 aromatic heterocycles. The minimum atomic E-state index is -3.62. The molecule has 0 aliphatic carbocycles. The van der Waals surface area contributed by atoms with Crippen molar-refractivity contribution < 1.29 is 13.2 Å². The molecule has 0 radical (unpaired) electrons. The Morgan fingerprint density at radius 3 is 2.55 bits per heavy atom. The van der Waals surface area contributed by atoms with E-state index in [9.17, 15) is 8.42 Å². The second-order valence-corrected chi connectivity index (χ2v) is 7.61. The zero-order chi connectivity index (χ0) is 15.7. The molecule has 0 saturated heterocycles. The third-order valence-electron chi connectivity index (χ3n) is 3.12. The van der Waals surface area contributed by atoms with Crippen LogP contribution in [-0.4, -0.2) is 20.5 Å². The highest BCUT2D eigenvalue weighted by Gasteiger charge is 2.14. The van der Waals surface area contributed by atoms with Gasteiger partial charge in [0.15, 0.2) is 0 Å². The van der Waals surface area contributed by atoms with Crippen LogP contribution in [0.5, 0.6) is 5.75 Å². The molecule has 0 fully saturated rings. The van der Waals surface area contributed by atoms with Crippen molar-refractivity contribution in [3.05, 3.63) is 47.5 Å². The number of nitrogens with one attached hydrogen (secondary N) is 1. The van der Waals surface area contributed by atoms with Crippen molar-refractivity contribution in [1.82, 2.24) is 4.98 Å². The molecule has 0 spiro atoms. The number of aromatic nitrogens is 1. The molecule has 0 amide bonds. The maximum absolute atomic E-state index is 12.4. The Bertz CT molecular complexity index is 916. The fourth-order valence-electron chi connectivity index (χ4n) is 2.07. The quantitative estimate of drug-likeness (QED) is 0.794. The molecule has 7 heteroatoms. The van der Waals surface area contributed by atoms with Crippen LogP contribution in [0.15, 0.2) is 47.4 Å². The van der Waals surface area contributed by atoms with E-state index in [2.05, 4.69) is 9.71 Å². The van der Waals surface area contributed by atoms with Gasteiger partial charge in [-0.1, -0.05) is 0 Å². The highest BCUT2D eigenvalue weighted by atomic mass is 32.2. The number of fused-ring (bicyclic) bond motifs is 1. The van der Waals surface area contributed by atoms with Gasteiger partial charge in [0.1, 0.15) is 5.75 Å². The molecule has 22 heavy (non-hydrogen) atoms. The second-order valence-electron chi connectivity index (χ2n) is 4.70. The van der Waals surface area contributed by atoms with E-state index in [1.54, 1.807) is 24.3 Å². The average molecular weight is 334 g/mol. The number of benzene rings is 2. The molecule has 1 N–H and O–H groups in total. The van der Waals surface area contributed by atoms with E-state index in [0.717, 1.165) is 15.2 Å². The zero-order valence-electron chi connectivity index (χ0n) is 12.0. The van der Waals surface area contributed by atoms with E-state index in [4.69, 9.17) is 4.74 Å². The Hall–Kier alpha value is -2.12. The van der Waals surface area contributed by atoms with Gasteiger partial charge < -0.3 is 4.74 Å². The molecule has 1 heterocycles. The monoisotopic (exact) mass is 334 g/mol. The highest BCUT2D eigenvalue weighted by molar-refractivity contribution is 7.92. The summed E-state index contributed by atoms with van der Waals surface area (Å²) in [5.41, 5.74) is 1.39. The van der Waals surface area contributed by atoms with Crippen LogP contribution in [-0.2, 0) is 10.0 Å². The first-order chi connectivity index (χ1) is 10.5. The smallest absolute Gasteiger partial charge is 0.261 e. The SMILES string of the molecule is COc1ccc(S(=O)(=O)Nc2ccc3nc(C)sc3c2)cc1. The summed E-state index contributed by atoms with van der Waals surface area (Å²) in [6, 6.07) is 11.6. The minimum Gasteiger partial charge on any atom is -0.497 e. The second kappa shape index (κ2) is 5.58. The van der Waals surface area contributed by atoms with Crippen molar-refractivity contribution in [1.29, 1.82) is 0 Å². The summed E-state index contributed by atoms with van der Waals surface area (Å²) < 4.78 is 33.3. The summed E-state index contributed by atoms with van der Waals surface area (Å²) in [5, 5.41) is 0.949. The van der Waals surface area contributed by atoms with Crippen LogP contribution < -0.4 is 9.46 Å². The summed E-state index contributed by atoms with van der Waals surface area (Å²) in [5.74, 6) is 0.612. The van der Waals surface area contributed by atoms with Gasteiger partial charge in [0, 0.05) is 0 Å². The van der Waals surface area contributed by atoms with Crippen LogP contribution in [0.4, 0.5) is 5.69 Å². The molecule has 0 aliphatic rings. The topological polar surface area (TPSA) is 68.3 Å². The summed E-state index contributed by atoms with van der Waals surface area (Å²) >= 11 is 1.53. The van der Waals surface area contributed by atoms with Crippen LogP contribution in [0.3, 0.4) is 0 Å². The molecular weight excluding hydrogens is 320 g/mol. The van der Waals surface area contributed by atoms with Gasteiger partial charge in [0.25, 0.3) is 10.0 Å². The van der Waals surface area contributed by atoms with E-state index in [-0.39, 0.29) is 4.90 Å². The Kier molecular flexibility index (Phi) is 3.76. The molecule has 0 atom stereocenters.